The molecule has 3 amide bonds. The first kappa shape index (κ1) is 22.7. The Morgan fingerprint density at radius 2 is 1.55 bits per heavy atom. The summed E-state index contributed by atoms with van der Waals surface area (Å²) in [5, 5.41) is 4.79. The van der Waals surface area contributed by atoms with Crippen LogP contribution >= 0.6 is 0 Å². The van der Waals surface area contributed by atoms with Crippen LogP contribution in [0.5, 0.6) is 0 Å². The molecular formula is C19H25F3N4O3. The Hall–Kier alpha value is -2.62. The van der Waals surface area contributed by atoms with Gasteiger partial charge in [0, 0.05) is 32.2 Å². The van der Waals surface area contributed by atoms with Crippen LogP contribution < -0.4 is 10.6 Å². The predicted molar refractivity (Wildman–Crippen MR) is 99.7 cm³/mol. The molecular weight excluding hydrogens is 389 g/mol. The number of nitrogens with one attached hydrogen (secondary N) is 2. The lowest BCUT2D eigenvalue weighted by molar-refractivity contribution is -0.159. The first-order valence-electron chi connectivity index (χ1n) is 9.32. The van der Waals surface area contributed by atoms with Gasteiger partial charge in [0.1, 0.15) is 6.04 Å². The lowest BCUT2D eigenvalue weighted by Gasteiger charge is -2.35. The maximum absolute atomic E-state index is 13.3. The number of carbonyl (C=O) groups excluding carboxylic acids is 3. The topological polar surface area (TPSA) is 81.8 Å². The molecule has 160 valence electrons. The van der Waals surface area contributed by atoms with E-state index >= 15 is 0 Å². The molecule has 2 rings (SSSR count). The molecule has 0 saturated carbocycles. The van der Waals surface area contributed by atoms with Gasteiger partial charge in [0.2, 0.25) is 5.91 Å². The zero-order valence-electron chi connectivity index (χ0n) is 16.3. The minimum atomic E-state index is -4.55. The van der Waals surface area contributed by atoms with E-state index in [2.05, 4.69) is 10.6 Å². The Balaban J connectivity index is 1.87. The Kier molecular flexibility index (Phi) is 7.60. The van der Waals surface area contributed by atoms with Crippen molar-refractivity contribution in [3.8, 4) is 0 Å². The van der Waals surface area contributed by atoms with Crippen molar-refractivity contribution in [2.24, 2.45) is 0 Å². The van der Waals surface area contributed by atoms with Crippen molar-refractivity contribution in [1.82, 2.24) is 20.4 Å². The third kappa shape index (κ3) is 6.45. The number of amides is 3. The van der Waals surface area contributed by atoms with Crippen LogP contribution in [-0.4, -0.2) is 72.5 Å². The molecule has 0 aliphatic carbocycles. The van der Waals surface area contributed by atoms with E-state index in [1.165, 1.54) is 34.1 Å². The summed E-state index contributed by atoms with van der Waals surface area (Å²) in [4.78, 5) is 38.9. The second kappa shape index (κ2) is 9.73. The highest BCUT2D eigenvalue weighted by molar-refractivity contribution is 6.35. The van der Waals surface area contributed by atoms with E-state index in [9.17, 15) is 27.6 Å². The maximum Gasteiger partial charge on any atom is 0.407 e. The Bertz CT molecular complexity index is 717. The van der Waals surface area contributed by atoms with Crippen LogP contribution in [0, 0.1) is 0 Å². The SMILES string of the molecule is CC(C)NC(=O)C(=O)N1CCN(C(=O)CNC(c2ccccc2)C(F)(F)F)CC1. The summed E-state index contributed by atoms with van der Waals surface area (Å²) in [6.07, 6.45) is -4.55. The number of piperazine rings is 1. The molecule has 0 aromatic heterocycles. The number of benzene rings is 1. The van der Waals surface area contributed by atoms with Gasteiger partial charge >= 0.3 is 18.0 Å². The molecule has 1 atom stereocenters. The van der Waals surface area contributed by atoms with E-state index in [-0.39, 0.29) is 37.8 Å². The van der Waals surface area contributed by atoms with E-state index in [4.69, 9.17) is 0 Å². The zero-order valence-corrected chi connectivity index (χ0v) is 16.3. The monoisotopic (exact) mass is 414 g/mol. The number of alkyl halides is 3. The van der Waals surface area contributed by atoms with Crippen molar-refractivity contribution in [3.05, 3.63) is 35.9 Å². The van der Waals surface area contributed by atoms with E-state index < -0.39 is 36.5 Å². The molecule has 1 aliphatic rings. The molecule has 1 aromatic carbocycles. The fourth-order valence-corrected chi connectivity index (χ4v) is 3.00. The van der Waals surface area contributed by atoms with Crippen LogP contribution in [0.25, 0.3) is 0 Å². The number of carbonyl (C=O) groups is 3. The smallest absolute Gasteiger partial charge is 0.346 e. The molecule has 29 heavy (non-hydrogen) atoms. The standard InChI is InChI=1S/C19H25F3N4O3/c1-13(2)24-17(28)18(29)26-10-8-25(9-11-26)15(27)12-23-16(19(20,21)22)14-6-4-3-5-7-14/h3-7,13,16,23H,8-12H2,1-2H3,(H,24,28). The van der Waals surface area contributed by atoms with Crippen molar-refractivity contribution in [3.63, 3.8) is 0 Å². The van der Waals surface area contributed by atoms with Gasteiger partial charge < -0.3 is 15.1 Å². The number of rotatable bonds is 5. The van der Waals surface area contributed by atoms with Crippen molar-refractivity contribution < 1.29 is 27.6 Å². The predicted octanol–water partition coefficient (Wildman–Crippen LogP) is 1.08. The highest BCUT2D eigenvalue weighted by Crippen LogP contribution is 2.32. The lowest BCUT2D eigenvalue weighted by atomic mass is 10.1. The van der Waals surface area contributed by atoms with Crippen molar-refractivity contribution >= 4 is 17.7 Å². The second-order valence-electron chi connectivity index (χ2n) is 7.07. The van der Waals surface area contributed by atoms with Crippen LogP contribution in [0.2, 0.25) is 0 Å². The van der Waals surface area contributed by atoms with E-state index in [1.807, 2.05) is 0 Å². The molecule has 1 aromatic rings. The van der Waals surface area contributed by atoms with Gasteiger partial charge in [-0.1, -0.05) is 30.3 Å². The van der Waals surface area contributed by atoms with Crippen molar-refractivity contribution in [2.45, 2.75) is 32.1 Å². The quantitative estimate of drug-likeness (QED) is 0.707. The molecule has 0 radical (unpaired) electrons. The molecule has 1 unspecified atom stereocenters. The van der Waals surface area contributed by atoms with Gasteiger partial charge in [-0.25, -0.2) is 0 Å². The molecule has 0 bridgehead atoms. The molecule has 2 N–H and O–H groups in total. The van der Waals surface area contributed by atoms with Gasteiger partial charge in [-0.3, -0.25) is 19.7 Å². The number of halogens is 3. The summed E-state index contributed by atoms with van der Waals surface area (Å²) in [5.74, 6) is -1.88. The highest BCUT2D eigenvalue weighted by Gasteiger charge is 2.41. The van der Waals surface area contributed by atoms with Crippen LogP contribution in [0.1, 0.15) is 25.5 Å². The molecule has 0 spiro atoms. The average Bonchev–Trinajstić information content (AvgIpc) is 2.66. The number of nitrogens with zero attached hydrogens (tertiary/aromatic N) is 2. The molecule has 1 saturated heterocycles. The van der Waals surface area contributed by atoms with E-state index in [0.717, 1.165) is 0 Å². The molecule has 1 heterocycles. The Morgan fingerprint density at radius 1 is 1.00 bits per heavy atom. The Morgan fingerprint density at radius 3 is 2.07 bits per heavy atom. The second-order valence-corrected chi connectivity index (χ2v) is 7.07. The lowest BCUT2D eigenvalue weighted by Crippen LogP contribution is -2.55. The molecule has 1 aliphatic heterocycles. The highest BCUT2D eigenvalue weighted by atomic mass is 19.4. The van der Waals surface area contributed by atoms with Crippen molar-refractivity contribution in [2.75, 3.05) is 32.7 Å². The van der Waals surface area contributed by atoms with Crippen LogP contribution in [0.4, 0.5) is 13.2 Å². The summed E-state index contributed by atoms with van der Waals surface area (Å²) < 4.78 is 40.0. The summed E-state index contributed by atoms with van der Waals surface area (Å²) in [7, 11) is 0. The molecule has 1 fully saturated rings. The normalized spacial score (nSPS) is 15.9. The van der Waals surface area contributed by atoms with Gasteiger partial charge in [0.25, 0.3) is 0 Å². The summed E-state index contributed by atoms with van der Waals surface area (Å²) in [5.41, 5.74) is 0.0272. The van der Waals surface area contributed by atoms with Crippen molar-refractivity contribution in [1.29, 1.82) is 0 Å². The molecule has 10 heteroatoms. The molecule has 7 nitrogen and oxygen atoms in total. The Labute approximate surface area is 167 Å². The fourth-order valence-electron chi connectivity index (χ4n) is 3.00. The summed E-state index contributed by atoms with van der Waals surface area (Å²) >= 11 is 0. The largest absolute Gasteiger partial charge is 0.407 e. The van der Waals surface area contributed by atoms with Gasteiger partial charge in [0.05, 0.1) is 6.54 Å². The van der Waals surface area contributed by atoms with E-state index in [1.54, 1.807) is 19.9 Å². The average molecular weight is 414 g/mol. The van der Waals surface area contributed by atoms with Gasteiger partial charge in [-0.2, -0.15) is 13.2 Å². The van der Waals surface area contributed by atoms with Gasteiger partial charge in [-0.05, 0) is 19.4 Å². The zero-order chi connectivity index (χ0) is 21.6. The van der Waals surface area contributed by atoms with Gasteiger partial charge in [0.15, 0.2) is 0 Å². The summed E-state index contributed by atoms with van der Waals surface area (Å²) in [6.45, 7) is 3.60. The van der Waals surface area contributed by atoms with Crippen LogP contribution in [0.3, 0.4) is 0 Å². The van der Waals surface area contributed by atoms with Crippen LogP contribution in [0.15, 0.2) is 30.3 Å². The summed E-state index contributed by atoms with van der Waals surface area (Å²) in [6, 6.07) is 5.20. The number of hydrogen-bond acceptors (Lipinski definition) is 4. The van der Waals surface area contributed by atoms with E-state index in [0.29, 0.717) is 0 Å². The first-order chi connectivity index (χ1) is 13.6. The minimum Gasteiger partial charge on any atom is -0.346 e. The van der Waals surface area contributed by atoms with Gasteiger partial charge in [-0.15, -0.1) is 0 Å². The third-order valence-electron chi connectivity index (χ3n) is 4.45. The number of hydrogen-bond donors (Lipinski definition) is 2. The maximum atomic E-state index is 13.3. The fraction of sp³-hybridized carbons (Fsp3) is 0.526. The van der Waals surface area contributed by atoms with Crippen LogP contribution in [-0.2, 0) is 14.4 Å². The first-order valence-corrected chi connectivity index (χ1v) is 9.32. The third-order valence-corrected chi connectivity index (χ3v) is 4.45. The minimum absolute atomic E-state index is 0.0272.